The van der Waals surface area contributed by atoms with Crippen LogP contribution in [0.1, 0.15) is 13.8 Å². The van der Waals surface area contributed by atoms with Crippen LogP contribution in [0.4, 0.5) is 0 Å². The van der Waals surface area contributed by atoms with Gasteiger partial charge in [0.2, 0.25) is 0 Å². The second kappa shape index (κ2) is 6.64. The molecule has 0 aliphatic heterocycles. The van der Waals surface area contributed by atoms with Gasteiger partial charge in [0.1, 0.15) is 28.6 Å². The molecule has 0 bridgehead atoms. The zero-order valence-electron chi connectivity index (χ0n) is 16.0. The van der Waals surface area contributed by atoms with Crippen molar-refractivity contribution in [2.45, 2.75) is 20.0 Å². The summed E-state index contributed by atoms with van der Waals surface area (Å²) < 4.78 is 22.7. The van der Waals surface area contributed by atoms with Crippen LogP contribution in [0.5, 0.6) is 23.0 Å². The van der Waals surface area contributed by atoms with E-state index in [1.54, 1.807) is 13.2 Å². The highest BCUT2D eigenvalue weighted by atomic mass is 16.5. The van der Waals surface area contributed by atoms with Crippen molar-refractivity contribution in [1.82, 2.24) is 0 Å². The van der Waals surface area contributed by atoms with E-state index >= 15 is 0 Å². The van der Waals surface area contributed by atoms with Gasteiger partial charge in [0.25, 0.3) is 0 Å². The predicted octanol–water partition coefficient (Wildman–Crippen LogP) is 4.61. The molecular formula is C22H20O6. The van der Waals surface area contributed by atoms with Crippen LogP contribution in [0.15, 0.2) is 45.6 Å². The Morgan fingerprint density at radius 1 is 0.893 bits per heavy atom. The molecule has 28 heavy (non-hydrogen) atoms. The van der Waals surface area contributed by atoms with Crippen molar-refractivity contribution >= 4 is 32.5 Å². The van der Waals surface area contributed by atoms with Crippen LogP contribution in [-0.2, 0) is 0 Å². The van der Waals surface area contributed by atoms with Crippen LogP contribution in [0.25, 0.3) is 32.5 Å². The summed E-state index contributed by atoms with van der Waals surface area (Å²) in [5.74, 6) is 1.54. The molecule has 0 aliphatic carbocycles. The van der Waals surface area contributed by atoms with Gasteiger partial charge in [0.05, 0.1) is 31.1 Å². The molecule has 0 unspecified atom stereocenters. The Bertz CT molecular complexity index is 1270. The molecule has 4 aromatic rings. The quantitative estimate of drug-likeness (QED) is 0.411. The van der Waals surface area contributed by atoms with E-state index in [4.69, 9.17) is 18.6 Å². The Morgan fingerprint density at radius 2 is 1.61 bits per heavy atom. The van der Waals surface area contributed by atoms with E-state index in [9.17, 15) is 9.90 Å². The van der Waals surface area contributed by atoms with E-state index in [1.807, 2.05) is 32.0 Å². The largest absolute Gasteiger partial charge is 0.508 e. The van der Waals surface area contributed by atoms with E-state index in [0.717, 1.165) is 5.39 Å². The number of rotatable bonds is 4. The fraction of sp³-hybridized carbons (Fsp3) is 0.227. The molecular weight excluding hydrogens is 360 g/mol. The smallest absolute Gasteiger partial charge is 0.344 e. The standard InChI is InChI=1S/C22H20O6/c1-11(2)27-16-7-5-6-13-20(16)18(26-4)10-14-19-15(22(24)28-21(13)14)8-12(23)9-17(19)25-3/h5-11,23H,1-4H3. The lowest BCUT2D eigenvalue weighted by Crippen LogP contribution is -2.06. The van der Waals surface area contributed by atoms with Crippen LogP contribution in [0, 0.1) is 0 Å². The van der Waals surface area contributed by atoms with E-state index < -0.39 is 5.63 Å². The second-order valence-corrected chi connectivity index (χ2v) is 6.76. The van der Waals surface area contributed by atoms with E-state index in [-0.39, 0.29) is 17.2 Å². The van der Waals surface area contributed by atoms with Crippen molar-refractivity contribution in [3.05, 3.63) is 46.8 Å². The van der Waals surface area contributed by atoms with Crippen molar-refractivity contribution in [3.8, 4) is 23.0 Å². The Kier molecular flexibility index (Phi) is 4.26. The highest BCUT2D eigenvalue weighted by Gasteiger charge is 2.20. The number of benzene rings is 3. The first-order chi connectivity index (χ1) is 13.4. The Labute approximate surface area is 160 Å². The van der Waals surface area contributed by atoms with Gasteiger partial charge in [-0.3, -0.25) is 0 Å². The molecule has 6 heteroatoms. The minimum absolute atomic E-state index is 0.0299. The van der Waals surface area contributed by atoms with Gasteiger partial charge < -0.3 is 23.7 Å². The predicted molar refractivity (Wildman–Crippen MR) is 108 cm³/mol. The molecule has 0 aliphatic rings. The molecule has 0 saturated carbocycles. The van der Waals surface area contributed by atoms with Gasteiger partial charge in [0, 0.05) is 22.2 Å². The average molecular weight is 380 g/mol. The summed E-state index contributed by atoms with van der Waals surface area (Å²) in [6.45, 7) is 3.88. The molecule has 1 N–H and O–H groups in total. The molecule has 1 heterocycles. The van der Waals surface area contributed by atoms with Gasteiger partial charge >= 0.3 is 5.63 Å². The molecule has 6 nitrogen and oxygen atoms in total. The zero-order valence-corrected chi connectivity index (χ0v) is 16.0. The van der Waals surface area contributed by atoms with E-state index in [1.165, 1.54) is 19.2 Å². The normalized spacial score (nSPS) is 11.5. The molecule has 4 rings (SSSR count). The second-order valence-electron chi connectivity index (χ2n) is 6.76. The molecule has 0 amide bonds. The van der Waals surface area contributed by atoms with E-state index in [0.29, 0.717) is 39.0 Å². The highest BCUT2D eigenvalue weighted by Crippen LogP contribution is 2.43. The maximum Gasteiger partial charge on any atom is 0.344 e. The number of ether oxygens (including phenoxy) is 3. The molecule has 3 aromatic carbocycles. The van der Waals surface area contributed by atoms with Crippen LogP contribution in [0.2, 0.25) is 0 Å². The molecule has 0 spiro atoms. The lowest BCUT2D eigenvalue weighted by molar-refractivity contribution is 0.245. The zero-order chi connectivity index (χ0) is 20.0. The Balaban J connectivity index is 2.25. The van der Waals surface area contributed by atoms with Crippen molar-refractivity contribution < 1.29 is 23.7 Å². The van der Waals surface area contributed by atoms with Crippen molar-refractivity contribution in [2.24, 2.45) is 0 Å². The average Bonchev–Trinajstić information content (AvgIpc) is 2.67. The molecule has 144 valence electrons. The summed E-state index contributed by atoms with van der Waals surface area (Å²) >= 11 is 0. The third-order valence-electron chi connectivity index (χ3n) is 4.61. The maximum atomic E-state index is 12.7. The Morgan fingerprint density at radius 3 is 2.29 bits per heavy atom. The minimum Gasteiger partial charge on any atom is -0.508 e. The SMILES string of the molecule is COc1cc2c(oc(=O)c3cc(O)cc(OC)c32)c2cccc(OC(C)C)c12. The van der Waals surface area contributed by atoms with Crippen LogP contribution >= 0.6 is 0 Å². The van der Waals surface area contributed by atoms with Gasteiger partial charge in [-0.1, -0.05) is 12.1 Å². The van der Waals surface area contributed by atoms with Crippen LogP contribution in [-0.4, -0.2) is 25.4 Å². The third-order valence-corrected chi connectivity index (χ3v) is 4.61. The first-order valence-corrected chi connectivity index (χ1v) is 8.88. The fourth-order valence-electron chi connectivity index (χ4n) is 3.55. The fourth-order valence-corrected chi connectivity index (χ4v) is 3.55. The number of phenols is 1. The number of hydrogen-bond acceptors (Lipinski definition) is 6. The summed E-state index contributed by atoms with van der Waals surface area (Å²) in [5.41, 5.74) is -0.148. The summed E-state index contributed by atoms with van der Waals surface area (Å²) in [5, 5.41) is 12.8. The lowest BCUT2D eigenvalue weighted by atomic mass is 10.0. The topological polar surface area (TPSA) is 78.1 Å². The summed E-state index contributed by atoms with van der Waals surface area (Å²) in [6, 6.07) is 10.2. The maximum absolute atomic E-state index is 12.7. The molecule has 0 saturated heterocycles. The molecule has 0 radical (unpaired) electrons. The Hall–Kier alpha value is -3.41. The molecule has 0 atom stereocenters. The summed E-state index contributed by atoms with van der Waals surface area (Å²) in [4.78, 5) is 12.7. The number of hydrogen-bond donors (Lipinski definition) is 1. The van der Waals surface area contributed by atoms with Crippen molar-refractivity contribution in [1.29, 1.82) is 0 Å². The molecule has 0 fully saturated rings. The first kappa shape index (κ1) is 18.0. The van der Waals surface area contributed by atoms with Crippen LogP contribution < -0.4 is 19.8 Å². The number of methoxy groups -OCH3 is 2. The van der Waals surface area contributed by atoms with Crippen molar-refractivity contribution in [2.75, 3.05) is 14.2 Å². The van der Waals surface area contributed by atoms with Gasteiger partial charge in [-0.05, 0) is 32.0 Å². The van der Waals surface area contributed by atoms with Crippen molar-refractivity contribution in [3.63, 3.8) is 0 Å². The van der Waals surface area contributed by atoms with Gasteiger partial charge in [-0.25, -0.2) is 4.79 Å². The van der Waals surface area contributed by atoms with Gasteiger partial charge in [-0.15, -0.1) is 0 Å². The third kappa shape index (κ3) is 2.69. The van der Waals surface area contributed by atoms with Gasteiger partial charge in [-0.2, -0.15) is 0 Å². The van der Waals surface area contributed by atoms with Gasteiger partial charge in [0.15, 0.2) is 0 Å². The monoisotopic (exact) mass is 380 g/mol. The number of aromatic hydroxyl groups is 1. The highest BCUT2D eigenvalue weighted by molar-refractivity contribution is 6.18. The summed E-state index contributed by atoms with van der Waals surface area (Å²) in [6.07, 6.45) is -0.0299. The number of phenolic OH excluding ortho intramolecular Hbond substituents is 1. The van der Waals surface area contributed by atoms with E-state index in [2.05, 4.69) is 0 Å². The van der Waals surface area contributed by atoms with Crippen LogP contribution in [0.3, 0.4) is 0 Å². The minimum atomic E-state index is -0.557. The summed E-state index contributed by atoms with van der Waals surface area (Å²) in [7, 11) is 3.07. The molecule has 1 aromatic heterocycles. The first-order valence-electron chi connectivity index (χ1n) is 8.88. The number of fused-ring (bicyclic) bond motifs is 5. The lowest BCUT2D eigenvalue weighted by Gasteiger charge is -2.16.